The number of nitrogens with zero attached hydrogens (tertiary/aromatic N) is 2. The van der Waals surface area contributed by atoms with Crippen molar-refractivity contribution in [2.75, 3.05) is 0 Å². The minimum absolute atomic E-state index is 0.0535. The highest BCUT2D eigenvalue weighted by molar-refractivity contribution is 9.10. The first-order valence-electron chi connectivity index (χ1n) is 12.7. The summed E-state index contributed by atoms with van der Waals surface area (Å²) in [6.45, 7) is 0.393. The largest absolute Gasteiger partial charge is 0.382 e. The average molecular weight is 620 g/mol. The summed E-state index contributed by atoms with van der Waals surface area (Å²) in [6.07, 6.45) is 5.83. The Morgan fingerprint density at radius 2 is 1.81 bits per heavy atom. The van der Waals surface area contributed by atoms with Crippen LogP contribution in [0, 0.1) is 11.8 Å². The Bertz CT molecular complexity index is 1470. The predicted octanol–water partition coefficient (Wildman–Crippen LogP) is 8.49. The van der Waals surface area contributed by atoms with Gasteiger partial charge >= 0.3 is 0 Å². The van der Waals surface area contributed by atoms with Gasteiger partial charge in [0.1, 0.15) is 22.1 Å². The maximum absolute atomic E-state index is 12.0. The van der Waals surface area contributed by atoms with Gasteiger partial charge < -0.3 is 14.4 Å². The van der Waals surface area contributed by atoms with Crippen LogP contribution in [0.5, 0.6) is 0 Å². The molecule has 4 atom stereocenters. The third-order valence-electron chi connectivity index (χ3n) is 8.33. The molecular formula is C28H25BrCl2N2O3S. The molecule has 4 aromatic rings. The van der Waals surface area contributed by atoms with E-state index in [0.717, 1.165) is 69.5 Å². The number of benzene rings is 2. The molecule has 3 aliphatic carbocycles. The number of thiazole rings is 1. The maximum atomic E-state index is 12.0. The number of ether oxygens (including phenoxy) is 1. The van der Waals surface area contributed by atoms with Crippen LogP contribution in [-0.2, 0) is 16.9 Å². The number of fused-ring (bicyclic) bond motifs is 3. The van der Waals surface area contributed by atoms with Crippen molar-refractivity contribution in [1.29, 1.82) is 0 Å². The zero-order valence-corrected chi connectivity index (χ0v) is 23.8. The summed E-state index contributed by atoms with van der Waals surface area (Å²) in [5.41, 5.74) is 2.37. The van der Waals surface area contributed by atoms with Gasteiger partial charge in [-0.3, -0.25) is 0 Å². The minimum Gasteiger partial charge on any atom is -0.382 e. The molecule has 3 fully saturated rings. The highest BCUT2D eigenvalue weighted by atomic mass is 79.9. The monoisotopic (exact) mass is 618 g/mol. The van der Waals surface area contributed by atoms with Crippen LogP contribution in [-0.4, -0.2) is 21.4 Å². The van der Waals surface area contributed by atoms with Crippen LogP contribution < -0.4 is 0 Å². The molecule has 2 heterocycles. The highest BCUT2D eigenvalue weighted by Gasteiger charge is 2.56. The Kier molecular flexibility index (Phi) is 6.18. The van der Waals surface area contributed by atoms with E-state index >= 15 is 0 Å². The Labute approximate surface area is 237 Å². The van der Waals surface area contributed by atoms with Gasteiger partial charge in [0.2, 0.25) is 0 Å². The average Bonchev–Trinajstić information content (AvgIpc) is 3.46. The van der Waals surface area contributed by atoms with Crippen LogP contribution in [0.3, 0.4) is 0 Å². The van der Waals surface area contributed by atoms with Gasteiger partial charge in [0, 0.05) is 21.5 Å². The van der Waals surface area contributed by atoms with E-state index in [0.29, 0.717) is 33.8 Å². The molecule has 2 aromatic carbocycles. The van der Waals surface area contributed by atoms with Crippen molar-refractivity contribution in [1.82, 2.24) is 10.1 Å². The lowest BCUT2D eigenvalue weighted by Gasteiger charge is -2.41. The van der Waals surface area contributed by atoms with Crippen LogP contribution in [0.4, 0.5) is 0 Å². The van der Waals surface area contributed by atoms with Crippen LogP contribution in [0.1, 0.15) is 60.8 Å². The number of aromatic nitrogens is 2. The summed E-state index contributed by atoms with van der Waals surface area (Å²) >= 11 is 18.2. The van der Waals surface area contributed by atoms with E-state index in [1.807, 2.05) is 30.3 Å². The molecule has 0 saturated heterocycles. The summed E-state index contributed by atoms with van der Waals surface area (Å²) < 4.78 is 14.5. The zero-order valence-electron chi connectivity index (χ0n) is 19.9. The summed E-state index contributed by atoms with van der Waals surface area (Å²) in [4.78, 5) is 4.86. The summed E-state index contributed by atoms with van der Waals surface area (Å²) in [7, 11) is 0. The Hall–Kier alpha value is -1.48. The SMILES string of the molecule is OC1(c2nc3ccc(Br)cc3s2)[C@@H]2CC[C@H]1CC(OCc1c(-c3c(Cl)cccc3Cl)noc1C1CC1)C2. The summed E-state index contributed by atoms with van der Waals surface area (Å²) in [5, 5.41) is 18.3. The van der Waals surface area contributed by atoms with E-state index in [-0.39, 0.29) is 17.9 Å². The molecule has 2 bridgehead atoms. The van der Waals surface area contributed by atoms with Crippen molar-refractivity contribution < 1.29 is 14.4 Å². The van der Waals surface area contributed by atoms with Gasteiger partial charge in [-0.05, 0) is 80.7 Å². The quantitative estimate of drug-likeness (QED) is 0.234. The zero-order chi connectivity index (χ0) is 25.3. The predicted molar refractivity (Wildman–Crippen MR) is 149 cm³/mol. The molecule has 0 spiro atoms. The minimum atomic E-state index is -0.886. The topological polar surface area (TPSA) is 68.4 Å². The van der Waals surface area contributed by atoms with Crippen LogP contribution >= 0.6 is 50.5 Å². The van der Waals surface area contributed by atoms with Gasteiger partial charge in [-0.1, -0.05) is 50.4 Å². The molecule has 1 N–H and O–H groups in total. The number of rotatable bonds is 6. The first-order chi connectivity index (χ1) is 17.9. The third-order valence-corrected chi connectivity index (χ3v) is 10.6. The van der Waals surface area contributed by atoms with E-state index in [1.54, 1.807) is 11.3 Å². The molecule has 192 valence electrons. The fourth-order valence-corrected chi connectivity index (χ4v) is 8.65. The number of hydrogen-bond acceptors (Lipinski definition) is 6. The molecule has 3 aliphatic rings. The van der Waals surface area contributed by atoms with Gasteiger partial charge in [0.15, 0.2) is 0 Å². The smallest absolute Gasteiger partial charge is 0.145 e. The van der Waals surface area contributed by atoms with Gasteiger partial charge in [0.25, 0.3) is 0 Å². The van der Waals surface area contributed by atoms with E-state index < -0.39 is 5.60 Å². The summed E-state index contributed by atoms with van der Waals surface area (Å²) in [5.74, 6) is 1.53. The van der Waals surface area contributed by atoms with Crippen molar-refractivity contribution in [2.24, 2.45) is 11.8 Å². The third kappa shape index (κ3) is 4.17. The first-order valence-corrected chi connectivity index (χ1v) is 15.1. The van der Waals surface area contributed by atoms with Crippen molar-refractivity contribution in [2.45, 2.75) is 62.8 Å². The molecule has 5 nitrogen and oxygen atoms in total. The van der Waals surface area contributed by atoms with Crippen molar-refractivity contribution in [3.8, 4) is 11.3 Å². The molecule has 2 aromatic heterocycles. The molecular weight excluding hydrogens is 595 g/mol. The van der Waals surface area contributed by atoms with Crippen molar-refractivity contribution in [3.05, 3.63) is 67.2 Å². The maximum Gasteiger partial charge on any atom is 0.145 e. The van der Waals surface area contributed by atoms with Crippen molar-refractivity contribution in [3.63, 3.8) is 0 Å². The number of hydrogen-bond donors (Lipinski definition) is 1. The van der Waals surface area contributed by atoms with E-state index in [9.17, 15) is 5.11 Å². The van der Waals surface area contributed by atoms with Gasteiger partial charge in [-0.2, -0.15) is 0 Å². The highest BCUT2D eigenvalue weighted by Crippen LogP contribution is 2.57. The molecule has 37 heavy (non-hydrogen) atoms. The molecule has 2 unspecified atom stereocenters. The van der Waals surface area contributed by atoms with Crippen LogP contribution in [0.15, 0.2) is 45.4 Å². The lowest BCUT2D eigenvalue weighted by Crippen LogP contribution is -2.44. The number of aliphatic hydroxyl groups is 1. The second kappa shape index (κ2) is 9.32. The Morgan fingerprint density at radius 3 is 2.51 bits per heavy atom. The Balaban J connectivity index is 1.13. The molecule has 3 saturated carbocycles. The van der Waals surface area contributed by atoms with Crippen LogP contribution in [0.25, 0.3) is 21.5 Å². The molecule has 0 radical (unpaired) electrons. The lowest BCUT2D eigenvalue weighted by molar-refractivity contribution is -0.116. The Morgan fingerprint density at radius 1 is 1.08 bits per heavy atom. The van der Waals surface area contributed by atoms with E-state index in [2.05, 4.69) is 27.2 Å². The molecule has 7 rings (SSSR count). The van der Waals surface area contributed by atoms with Gasteiger partial charge in [-0.25, -0.2) is 4.98 Å². The normalized spacial score (nSPS) is 27.3. The molecule has 9 heteroatoms. The standard InChI is InChI=1S/C28H25BrCl2N2O3S/c29-17-8-9-22-23(12-17)37-27(32-22)28(34)15-6-7-16(28)11-18(10-15)35-13-19-25(33-36-26(19)14-4-5-14)24-20(30)2-1-3-21(24)31/h1-3,8-9,12,14-16,18,34H,4-7,10-11,13H2/t15-,16+,18?,28?. The lowest BCUT2D eigenvalue weighted by atomic mass is 9.73. The second-order valence-corrected chi connectivity index (χ2v) is 13.3. The van der Waals surface area contributed by atoms with Gasteiger partial charge in [0.05, 0.1) is 33.0 Å². The molecule has 0 amide bonds. The first kappa shape index (κ1) is 24.6. The van der Waals surface area contributed by atoms with E-state index in [4.69, 9.17) is 37.4 Å². The second-order valence-electron chi connectivity index (χ2n) is 10.6. The number of halogens is 3. The van der Waals surface area contributed by atoms with Crippen LogP contribution in [0.2, 0.25) is 10.0 Å². The van der Waals surface area contributed by atoms with Crippen molar-refractivity contribution >= 4 is 60.7 Å². The summed E-state index contributed by atoms with van der Waals surface area (Å²) in [6, 6.07) is 11.6. The fourth-order valence-electron chi connectivity index (χ4n) is 6.31. The fraction of sp³-hybridized carbons (Fsp3) is 0.429. The van der Waals surface area contributed by atoms with E-state index in [1.165, 1.54) is 0 Å². The molecule has 0 aliphatic heterocycles. The van der Waals surface area contributed by atoms with Gasteiger partial charge in [-0.15, -0.1) is 11.3 Å².